The molecule has 6 nitrogen and oxygen atoms in total. The van der Waals surface area contributed by atoms with Crippen LogP contribution in [0.2, 0.25) is 5.02 Å². The summed E-state index contributed by atoms with van der Waals surface area (Å²) in [5.41, 5.74) is 2.08. The Morgan fingerprint density at radius 1 is 1.06 bits per heavy atom. The molecule has 160 valence electrons. The van der Waals surface area contributed by atoms with Crippen LogP contribution < -0.4 is 10.1 Å². The fraction of sp³-hybridized carbons (Fsp3) is 0.250. The summed E-state index contributed by atoms with van der Waals surface area (Å²) in [6, 6.07) is 19.0. The Morgan fingerprint density at radius 2 is 1.90 bits per heavy atom. The molecule has 0 radical (unpaired) electrons. The molecule has 0 bridgehead atoms. The number of hydrogen-bond acceptors (Lipinski definition) is 4. The lowest BCUT2D eigenvalue weighted by molar-refractivity contribution is 0.0925. The van der Waals surface area contributed by atoms with E-state index in [9.17, 15) is 4.79 Å². The van der Waals surface area contributed by atoms with Crippen molar-refractivity contribution in [1.29, 1.82) is 0 Å². The predicted octanol–water partition coefficient (Wildman–Crippen LogP) is 5.11. The maximum Gasteiger partial charge on any atom is 0.286 e. The van der Waals surface area contributed by atoms with E-state index in [0.717, 1.165) is 42.7 Å². The lowest BCUT2D eigenvalue weighted by Crippen LogP contribution is -2.24. The molecule has 1 N–H and O–H groups in total. The topological polar surface area (TPSA) is 69.3 Å². The summed E-state index contributed by atoms with van der Waals surface area (Å²) in [5.74, 6) is 1.83. The minimum absolute atomic E-state index is 0.199. The minimum atomic E-state index is -0.199. The van der Waals surface area contributed by atoms with E-state index in [1.54, 1.807) is 12.1 Å². The number of carbonyl (C=O) groups is 1. The van der Waals surface area contributed by atoms with E-state index in [4.69, 9.17) is 25.7 Å². The zero-order valence-corrected chi connectivity index (χ0v) is 17.8. The van der Waals surface area contributed by atoms with Gasteiger partial charge in [-0.3, -0.25) is 4.79 Å². The fourth-order valence-electron chi connectivity index (χ4n) is 3.48. The molecule has 7 heteroatoms. The van der Waals surface area contributed by atoms with E-state index in [1.165, 1.54) is 6.26 Å². The van der Waals surface area contributed by atoms with Crippen LogP contribution in [0.4, 0.5) is 0 Å². The molecule has 0 aliphatic rings. The molecule has 1 amide bonds. The Hall–Kier alpha value is -3.25. The zero-order valence-electron chi connectivity index (χ0n) is 17.1. The van der Waals surface area contributed by atoms with Gasteiger partial charge in [-0.05, 0) is 49.2 Å². The van der Waals surface area contributed by atoms with Gasteiger partial charge in [0.1, 0.15) is 11.6 Å². The third-order valence-corrected chi connectivity index (χ3v) is 5.27. The van der Waals surface area contributed by atoms with Gasteiger partial charge in [0.15, 0.2) is 5.76 Å². The van der Waals surface area contributed by atoms with E-state index in [0.29, 0.717) is 29.7 Å². The summed E-state index contributed by atoms with van der Waals surface area (Å²) in [6.45, 7) is 1.91. The second kappa shape index (κ2) is 10.2. The van der Waals surface area contributed by atoms with Gasteiger partial charge in [-0.1, -0.05) is 35.9 Å². The van der Waals surface area contributed by atoms with Crippen molar-refractivity contribution in [2.45, 2.75) is 25.8 Å². The zero-order chi connectivity index (χ0) is 21.5. The molecule has 4 rings (SSSR count). The third kappa shape index (κ3) is 5.27. The van der Waals surface area contributed by atoms with Crippen molar-refractivity contribution < 1.29 is 13.9 Å². The largest absolute Gasteiger partial charge is 0.492 e. The Morgan fingerprint density at radius 3 is 2.74 bits per heavy atom. The Bertz CT molecular complexity index is 1140. The minimum Gasteiger partial charge on any atom is -0.492 e. The van der Waals surface area contributed by atoms with Gasteiger partial charge in [-0.25, -0.2) is 4.98 Å². The molecular formula is C24H24ClN3O3. The average molecular weight is 438 g/mol. The lowest BCUT2D eigenvalue weighted by atomic mass is 10.2. The smallest absolute Gasteiger partial charge is 0.286 e. The number of carbonyl (C=O) groups excluding carboxylic acids is 1. The molecule has 4 aromatic rings. The number of nitrogens with zero attached hydrogens (tertiary/aromatic N) is 2. The molecule has 0 saturated heterocycles. The molecule has 2 aromatic heterocycles. The summed E-state index contributed by atoms with van der Waals surface area (Å²) in [4.78, 5) is 16.8. The Kier molecular flexibility index (Phi) is 6.89. The van der Waals surface area contributed by atoms with Gasteiger partial charge in [0.2, 0.25) is 0 Å². The molecule has 0 aliphatic carbocycles. The normalized spacial score (nSPS) is 11.0. The highest BCUT2D eigenvalue weighted by Gasteiger charge is 2.12. The summed E-state index contributed by atoms with van der Waals surface area (Å²) >= 11 is 6.16. The van der Waals surface area contributed by atoms with E-state index >= 15 is 0 Å². The third-order valence-electron chi connectivity index (χ3n) is 4.96. The maximum absolute atomic E-state index is 12.0. The molecule has 0 atom stereocenters. The second-order valence-electron chi connectivity index (χ2n) is 7.14. The van der Waals surface area contributed by atoms with Crippen LogP contribution >= 0.6 is 11.6 Å². The number of furan rings is 1. The van der Waals surface area contributed by atoms with Crippen LogP contribution in [0.5, 0.6) is 5.75 Å². The van der Waals surface area contributed by atoms with Crippen molar-refractivity contribution >= 4 is 28.5 Å². The Balaban J connectivity index is 1.34. The van der Waals surface area contributed by atoms with Crippen LogP contribution in [-0.2, 0) is 13.0 Å². The number of aromatic nitrogens is 2. The highest BCUT2D eigenvalue weighted by molar-refractivity contribution is 6.32. The summed E-state index contributed by atoms with van der Waals surface area (Å²) in [6.07, 6.45) is 3.87. The van der Waals surface area contributed by atoms with Crippen LogP contribution in [0.1, 0.15) is 29.2 Å². The molecule has 0 aliphatic heterocycles. The summed E-state index contributed by atoms with van der Waals surface area (Å²) in [5, 5.41) is 3.50. The highest BCUT2D eigenvalue weighted by Crippen LogP contribution is 2.23. The second-order valence-corrected chi connectivity index (χ2v) is 7.54. The SMILES string of the molecule is O=C(NCCCc1nc2ccccc2n1CCCOc1ccccc1Cl)c1ccco1. The number of halogens is 1. The lowest BCUT2D eigenvalue weighted by Gasteiger charge is -2.11. The number of nitrogens with one attached hydrogen (secondary N) is 1. The number of fused-ring (bicyclic) bond motifs is 1. The first-order valence-electron chi connectivity index (χ1n) is 10.4. The standard InChI is InChI=1S/C24H24ClN3O3/c25-18-8-1-4-11-21(18)30-17-7-15-28-20-10-3-2-9-19(20)27-23(28)13-5-14-26-24(29)22-12-6-16-31-22/h1-4,6,8-12,16H,5,7,13-15,17H2,(H,26,29). The van der Waals surface area contributed by atoms with Crippen molar-refractivity contribution in [3.63, 3.8) is 0 Å². The van der Waals surface area contributed by atoms with Gasteiger partial charge in [-0.15, -0.1) is 0 Å². The van der Waals surface area contributed by atoms with Crippen LogP contribution in [0, 0.1) is 0 Å². The number of amides is 1. The highest BCUT2D eigenvalue weighted by atomic mass is 35.5. The molecule has 31 heavy (non-hydrogen) atoms. The van der Waals surface area contributed by atoms with Crippen molar-refractivity contribution in [3.8, 4) is 5.75 Å². The molecule has 0 fully saturated rings. The van der Waals surface area contributed by atoms with E-state index < -0.39 is 0 Å². The first kappa shape index (κ1) is 21.0. The monoisotopic (exact) mass is 437 g/mol. The van der Waals surface area contributed by atoms with Gasteiger partial charge in [-0.2, -0.15) is 0 Å². The predicted molar refractivity (Wildman–Crippen MR) is 121 cm³/mol. The van der Waals surface area contributed by atoms with Gasteiger partial charge in [0.05, 0.1) is 28.9 Å². The maximum atomic E-state index is 12.0. The number of ether oxygens (including phenoxy) is 1. The number of para-hydroxylation sites is 3. The van der Waals surface area contributed by atoms with E-state index in [2.05, 4.69) is 16.0 Å². The molecule has 2 heterocycles. The summed E-state index contributed by atoms with van der Waals surface area (Å²) in [7, 11) is 0. The molecule has 0 spiro atoms. The Labute approximate surface area is 185 Å². The number of rotatable bonds is 10. The summed E-state index contributed by atoms with van der Waals surface area (Å²) < 4.78 is 13.2. The number of imidazole rings is 1. The average Bonchev–Trinajstić information content (AvgIpc) is 3.44. The van der Waals surface area contributed by atoms with Gasteiger partial charge in [0, 0.05) is 19.5 Å². The van der Waals surface area contributed by atoms with Crippen LogP contribution in [-0.4, -0.2) is 28.6 Å². The molecular weight excluding hydrogens is 414 g/mol. The van der Waals surface area contributed by atoms with Crippen molar-refractivity contribution in [3.05, 3.63) is 83.5 Å². The molecule has 0 unspecified atom stereocenters. The van der Waals surface area contributed by atoms with Crippen LogP contribution in [0.25, 0.3) is 11.0 Å². The number of benzene rings is 2. The van der Waals surface area contributed by atoms with Crippen molar-refractivity contribution in [2.75, 3.05) is 13.2 Å². The molecule has 2 aromatic carbocycles. The first-order valence-corrected chi connectivity index (χ1v) is 10.7. The molecule has 0 saturated carbocycles. The van der Waals surface area contributed by atoms with Crippen molar-refractivity contribution in [2.24, 2.45) is 0 Å². The van der Waals surface area contributed by atoms with Gasteiger partial charge >= 0.3 is 0 Å². The van der Waals surface area contributed by atoms with Gasteiger partial charge < -0.3 is 19.0 Å². The number of aryl methyl sites for hydroxylation is 2. The van der Waals surface area contributed by atoms with Gasteiger partial charge in [0.25, 0.3) is 5.91 Å². The van der Waals surface area contributed by atoms with Crippen molar-refractivity contribution in [1.82, 2.24) is 14.9 Å². The van der Waals surface area contributed by atoms with E-state index in [-0.39, 0.29) is 5.91 Å². The van der Waals surface area contributed by atoms with Crippen LogP contribution in [0.3, 0.4) is 0 Å². The number of hydrogen-bond donors (Lipinski definition) is 1. The van der Waals surface area contributed by atoms with Crippen LogP contribution in [0.15, 0.2) is 71.3 Å². The quantitative estimate of drug-likeness (QED) is 0.350. The first-order chi connectivity index (χ1) is 15.2. The fourth-order valence-corrected chi connectivity index (χ4v) is 3.67. The van der Waals surface area contributed by atoms with E-state index in [1.807, 2.05) is 42.5 Å².